The molecule has 0 radical (unpaired) electrons. The zero-order chi connectivity index (χ0) is 21.8. The molecule has 0 aromatic heterocycles. The number of carboxylic acids is 1. The maximum Gasteiger partial charge on any atom is 0.347 e. The first kappa shape index (κ1) is 23.3. The van der Waals surface area contributed by atoms with Crippen LogP contribution in [0.15, 0.2) is 41.3 Å². The standard InChI is InChI=1S/C25H34O3S/c1-8-29-22-11-9-20(10-12-22)13-16(2)19(5)21-14-17(3)23(18(4)15-21)28-25(6,7)24(26)27/h9-12,14-16,19H,8,13H2,1-7H3,(H,26,27). The minimum Gasteiger partial charge on any atom is -0.478 e. The van der Waals surface area contributed by atoms with Crippen LogP contribution in [0.1, 0.15) is 62.8 Å². The van der Waals surface area contributed by atoms with Gasteiger partial charge >= 0.3 is 5.97 Å². The van der Waals surface area contributed by atoms with E-state index in [1.807, 2.05) is 25.6 Å². The number of carbonyl (C=O) groups is 1. The lowest BCUT2D eigenvalue weighted by molar-refractivity contribution is -0.152. The quantitative estimate of drug-likeness (QED) is 0.467. The molecule has 0 bridgehead atoms. The summed E-state index contributed by atoms with van der Waals surface area (Å²) in [7, 11) is 0. The van der Waals surface area contributed by atoms with Crippen LogP contribution in [-0.2, 0) is 11.2 Å². The maximum atomic E-state index is 11.4. The Bertz CT molecular complexity index is 817. The van der Waals surface area contributed by atoms with Crippen molar-refractivity contribution in [2.45, 2.75) is 71.3 Å². The van der Waals surface area contributed by atoms with Crippen molar-refractivity contribution in [2.75, 3.05) is 5.75 Å². The Morgan fingerprint density at radius 3 is 2.14 bits per heavy atom. The Hall–Kier alpha value is -1.94. The van der Waals surface area contributed by atoms with Crippen LogP contribution in [0.4, 0.5) is 0 Å². The van der Waals surface area contributed by atoms with Crippen LogP contribution >= 0.6 is 11.8 Å². The molecular formula is C25H34O3S. The summed E-state index contributed by atoms with van der Waals surface area (Å²) >= 11 is 1.87. The van der Waals surface area contributed by atoms with Gasteiger partial charge in [-0.2, -0.15) is 0 Å². The third-order valence-electron chi connectivity index (χ3n) is 5.53. The first-order valence-corrected chi connectivity index (χ1v) is 11.3. The average molecular weight is 415 g/mol. The van der Waals surface area contributed by atoms with Gasteiger partial charge in [0.15, 0.2) is 5.60 Å². The molecule has 2 unspecified atom stereocenters. The topological polar surface area (TPSA) is 46.5 Å². The molecule has 0 spiro atoms. The molecule has 0 heterocycles. The molecule has 2 aromatic rings. The molecule has 0 amide bonds. The smallest absolute Gasteiger partial charge is 0.347 e. The van der Waals surface area contributed by atoms with E-state index in [1.165, 1.54) is 16.0 Å². The molecule has 158 valence electrons. The third-order valence-corrected chi connectivity index (χ3v) is 6.42. The van der Waals surface area contributed by atoms with Crippen molar-refractivity contribution in [3.05, 3.63) is 58.7 Å². The lowest BCUT2D eigenvalue weighted by Crippen LogP contribution is -2.38. The fraction of sp³-hybridized carbons (Fsp3) is 0.480. The first-order valence-electron chi connectivity index (χ1n) is 10.3. The Labute approximate surface area is 179 Å². The second-order valence-electron chi connectivity index (χ2n) is 8.45. The summed E-state index contributed by atoms with van der Waals surface area (Å²) in [5, 5.41) is 9.36. The molecule has 0 saturated carbocycles. The normalized spacial score (nSPS) is 13.8. The summed E-state index contributed by atoms with van der Waals surface area (Å²) in [6, 6.07) is 13.2. The molecule has 4 heteroatoms. The van der Waals surface area contributed by atoms with E-state index in [2.05, 4.69) is 57.2 Å². The van der Waals surface area contributed by atoms with Crippen molar-refractivity contribution in [1.29, 1.82) is 0 Å². The van der Waals surface area contributed by atoms with Crippen molar-refractivity contribution < 1.29 is 14.6 Å². The lowest BCUT2D eigenvalue weighted by Gasteiger charge is -2.26. The van der Waals surface area contributed by atoms with Crippen molar-refractivity contribution in [3.8, 4) is 5.75 Å². The number of aryl methyl sites for hydroxylation is 2. The Morgan fingerprint density at radius 1 is 1.10 bits per heavy atom. The van der Waals surface area contributed by atoms with Gasteiger partial charge in [-0.1, -0.05) is 45.0 Å². The van der Waals surface area contributed by atoms with Crippen LogP contribution in [0.5, 0.6) is 5.75 Å². The maximum absolute atomic E-state index is 11.4. The van der Waals surface area contributed by atoms with Gasteiger partial charge in [-0.05, 0) is 86.1 Å². The predicted octanol–water partition coefficient (Wildman–Crippen LogP) is 6.64. The van der Waals surface area contributed by atoms with Crippen molar-refractivity contribution >= 4 is 17.7 Å². The summed E-state index contributed by atoms with van der Waals surface area (Å²) < 4.78 is 5.85. The molecule has 2 atom stereocenters. The number of hydrogen-bond acceptors (Lipinski definition) is 3. The van der Waals surface area contributed by atoms with Crippen molar-refractivity contribution in [2.24, 2.45) is 5.92 Å². The number of aliphatic carboxylic acids is 1. The van der Waals surface area contributed by atoms with Gasteiger partial charge in [-0.15, -0.1) is 11.8 Å². The number of benzene rings is 2. The minimum absolute atomic E-state index is 0.388. The molecule has 1 N–H and O–H groups in total. The molecule has 0 fully saturated rings. The fourth-order valence-electron chi connectivity index (χ4n) is 3.47. The summed E-state index contributed by atoms with van der Waals surface area (Å²) in [5.74, 6) is 1.67. The van der Waals surface area contributed by atoms with Crippen molar-refractivity contribution in [1.82, 2.24) is 0 Å². The van der Waals surface area contributed by atoms with E-state index in [0.717, 1.165) is 23.3 Å². The van der Waals surface area contributed by atoms with Crippen LogP contribution in [0.2, 0.25) is 0 Å². The molecule has 29 heavy (non-hydrogen) atoms. The highest BCUT2D eigenvalue weighted by Crippen LogP contribution is 2.34. The van der Waals surface area contributed by atoms with E-state index in [9.17, 15) is 9.90 Å². The highest BCUT2D eigenvalue weighted by atomic mass is 32.2. The van der Waals surface area contributed by atoms with Crippen LogP contribution in [-0.4, -0.2) is 22.4 Å². The number of ether oxygens (including phenoxy) is 1. The van der Waals surface area contributed by atoms with Gasteiger partial charge in [0.25, 0.3) is 0 Å². The minimum atomic E-state index is -1.25. The fourth-order valence-corrected chi connectivity index (χ4v) is 4.13. The Balaban J connectivity index is 2.15. The largest absolute Gasteiger partial charge is 0.478 e. The van der Waals surface area contributed by atoms with Crippen LogP contribution in [0.3, 0.4) is 0 Å². The number of rotatable bonds is 9. The molecule has 2 aromatic carbocycles. The van der Waals surface area contributed by atoms with Gasteiger partial charge in [0.05, 0.1) is 0 Å². The second-order valence-corrected chi connectivity index (χ2v) is 9.79. The highest BCUT2D eigenvalue weighted by molar-refractivity contribution is 7.99. The summed E-state index contributed by atoms with van der Waals surface area (Å²) in [6.07, 6.45) is 1.03. The summed E-state index contributed by atoms with van der Waals surface area (Å²) in [6.45, 7) is 13.9. The van der Waals surface area contributed by atoms with E-state index in [4.69, 9.17) is 4.74 Å². The van der Waals surface area contributed by atoms with Gasteiger partial charge < -0.3 is 9.84 Å². The Morgan fingerprint density at radius 2 is 1.66 bits per heavy atom. The molecule has 0 aliphatic carbocycles. The molecule has 0 aliphatic heterocycles. The van der Waals surface area contributed by atoms with Crippen LogP contribution in [0.25, 0.3) is 0 Å². The van der Waals surface area contributed by atoms with Gasteiger partial charge in [0.1, 0.15) is 5.75 Å². The zero-order valence-electron chi connectivity index (χ0n) is 18.7. The molecule has 3 nitrogen and oxygen atoms in total. The Kier molecular flexibility index (Phi) is 7.81. The number of hydrogen-bond donors (Lipinski definition) is 1. The number of carboxylic acid groups (broad SMARTS) is 1. The van der Waals surface area contributed by atoms with E-state index < -0.39 is 11.6 Å². The molecular weight excluding hydrogens is 380 g/mol. The highest BCUT2D eigenvalue weighted by Gasteiger charge is 2.30. The number of thioether (sulfide) groups is 1. The molecule has 0 aliphatic rings. The van der Waals surface area contributed by atoms with Gasteiger partial charge in [-0.3, -0.25) is 0 Å². The monoisotopic (exact) mass is 414 g/mol. The third kappa shape index (κ3) is 6.02. The van der Waals surface area contributed by atoms with Gasteiger partial charge in [0.2, 0.25) is 0 Å². The lowest BCUT2D eigenvalue weighted by atomic mass is 9.83. The second kappa shape index (κ2) is 9.71. The van der Waals surface area contributed by atoms with Crippen molar-refractivity contribution in [3.63, 3.8) is 0 Å². The zero-order valence-corrected chi connectivity index (χ0v) is 19.5. The van der Waals surface area contributed by atoms with E-state index in [-0.39, 0.29) is 0 Å². The van der Waals surface area contributed by atoms with Crippen LogP contribution < -0.4 is 4.74 Å². The van der Waals surface area contributed by atoms with Gasteiger partial charge in [-0.25, -0.2) is 4.79 Å². The van der Waals surface area contributed by atoms with E-state index in [1.54, 1.807) is 13.8 Å². The van der Waals surface area contributed by atoms with E-state index in [0.29, 0.717) is 17.6 Å². The molecule has 0 saturated heterocycles. The summed E-state index contributed by atoms with van der Waals surface area (Å²) in [4.78, 5) is 12.7. The predicted molar refractivity (Wildman–Crippen MR) is 122 cm³/mol. The molecule has 2 rings (SSSR count). The van der Waals surface area contributed by atoms with Gasteiger partial charge in [0, 0.05) is 4.90 Å². The van der Waals surface area contributed by atoms with Crippen LogP contribution in [0, 0.1) is 19.8 Å². The summed E-state index contributed by atoms with van der Waals surface area (Å²) in [5.41, 5.74) is 3.34. The average Bonchev–Trinajstić information content (AvgIpc) is 2.65. The SMILES string of the molecule is CCSc1ccc(CC(C)C(C)c2cc(C)c(OC(C)(C)C(=O)O)c(C)c2)cc1. The first-order chi connectivity index (χ1) is 13.5. The van der Waals surface area contributed by atoms with E-state index >= 15 is 0 Å².